The first-order chi connectivity index (χ1) is 5.65. The fourth-order valence-corrected chi connectivity index (χ4v) is 1.04. The minimum Gasteiger partial charge on any atom is -0.466 e. The van der Waals surface area contributed by atoms with Gasteiger partial charge in [-0.05, 0) is 13.8 Å². The average Bonchev–Trinajstić information content (AvgIpc) is 2.03. The van der Waals surface area contributed by atoms with Gasteiger partial charge in [-0.2, -0.15) is 0 Å². The number of methoxy groups -OCH3 is 1. The van der Waals surface area contributed by atoms with E-state index in [1.807, 2.05) is 13.8 Å². The van der Waals surface area contributed by atoms with Crippen LogP contribution in [0.1, 0.15) is 13.8 Å². The van der Waals surface area contributed by atoms with Gasteiger partial charge in [0, 0.05) is 5.70 Å². The minimum absolute atomic E-state index is 0.309. The third-order valence-corrected chi connectivity index (χ3v) is 1.73. The lowest BCUT2D eigenvalue weighted by molar-refractivity contribution is -0.136. The fourth-order valence-electron chi connectivity index (χ4n) is 1.04. The highest BCUT2D eigenvalue weighted by molar-refractivity contribution is 5.93. The standard InChI is InChI=1S/C8H12N2O2/c1-5-7(8(11)12-3)4-9-6(2)10-5/h4H2,1-3H3,(H,9,10). The molecule has 0 atom stereocenters. The molecule has 0 unspecified atom stereocenters. The summed E-state index contributed by atoms with van der Waals surface area (Å²) >= 11 is 0. The van der Waals surface area contributed by atoms with Gasteiger partial charge in [-0.3, -0.25) is 4.99 Å². The quantitative estimate of drug-likeness (QED) is 0.578. The molecule has 0 aromatic rings. The lowest BCUT2D eigenvalue weighted by Gasteiger charge is -2.15. The number of hydrogen-bond donors (Lipinski definition) is 1. The molecule has 1 heterocycles. The van der Waals surface area contributed by atoms with Crippen LogP contribution in [-0.2, 0) is 9.53 Å². The summed E-state index contributed by atoms with van der Waals surface area (Å²) in [5.74, 6) is 0.524. The zero-order valence-electron chi connectivity index (χ0n) is 7.47. The molecule has 1 rings (SSSR count). The number of ether oxygens (including phenoxy) is 1. The number of carbonyl (C=O) groups excluding carboxylic acids is 1. The summed E-state index contributed by atoms with van der Waals surface area (Å²) in [6.07, 6.45) is 0. The Balaban J connectivity index is 2.79. The maximum Gasteiger partial charge on any atom is 0.337 e. The summed E-state index contributed by atoms with van der Waals surface area (Å²) in [6.45, 7) is 4.11. The number of hydrogen-bond acceptors (Lipinski definition) is 4. The summed E-state index contributed by atoms with van der Waals surface area (Å²) in [5.41, 5.74) is 1.43. The molecule has 1 aliphatic rings. The Bertz CT molecular complexity index is 266. The van der Waals surface area contributed by atoms with Crippen molar-refractivity contribution in [3.05, 3.63) is 11.3 Å². The van der Waals surface area contributed by atoms with Crippen LogP contribution in [0.3, 0.4) is 0 Å². The topological polar surface area (TPSA) is 50.7 Å². The highest BCUT2D eigenvalue weighted by Crippen LogP contribution is 2.08. The Kier molecular flexibility index (Phi) is 2.47. The predicted molar refractivity (Wildman–Crippen MR) is 45.8 cm³/mol. The maximum absolute atomic E-state index is 11.1. The highest BCUT2D eigenvalue weighted by atomic mass is 16.5. The van der Waals surface area contributed by atoms with Crippen molar-refractivity contribution in [2.75, 3.05) is 13.7 Å². The number of esters is 1. The Morgan fingerprint density at radius 2 is 2.25 bits per heavy atom. The minimum atomic E-state index is -0.309. The molecule has 0 aromatic carbocycles. The summed E-state index contributed by atoms with van der Waals surface area (Å²) < 4.78 is 4.59. The molecule has 0 spiro atoms. The van der Waals surface area contributed by atoms with Crippen LogP contribution in [0.2, 0.25) is 0 Å². The molecular weight excluding hydrogens is 156 g/mol. The van der Waals surface area contributed by atoms with E-state index in [9.17, 15) is 4.79 Å². The van der Waals surface area contributed by atoms with E-state index in [0.717, 1.165) is 11.5 Å². The number of nitrogens with zero attached hydrogens (tertiary/aromatic N) is 1. The molecular formula is C8H12N2O2. The smallest absolute Gasteiger partial charge is 0.337 e. The second kappa shape index (κ2) is 3.38. The monoisotopic (exact) mass is 168 g/mol. The first-order valence-electron chi connectivity index (χ1n) is 3.71. The van der Waals surface area contributed by atoms with Gasteiger partial charge in [0.05, 0.1) is 25.1 Å². The molecule has 0 fully saturated rings. The Morgan fingerprint density at radius 1 is 1.58 bits per heavy atom. The molecule has 4 nitrogen and oxygen atoms in total. The molecule has 4 heteroatoms. The molecule has 1 aliphatic heterocycles. The highest BCUT2D eigenvalue weighted by Gasteiger charge is 2.16. The van der Waals surface area contributed by atoms with Crippen LogP contribution in [-0.4, -0.2) is 25.5 Å². The van der Waals surface area contributed by atoms with Gasteiger partial charge in [0.25, 0.3) is 0 Å². The lowest BCUT2D eigenvalue weighted by Crippen LogP contribution is -2.28. The van der Waals surface area contributed by atoms with Crippen molar-refractivity contribution >= 4 is 11.8 Å². The number of allylic oxidation sites excluding steroid dienone is 1. The third kappa shape index (κ3) is 1.64. The molecule has 0 radical (unpaired) electrons. The molecule has 1 N–H and O–H groups in total. The fraction of sp³-hybridized carbons (Fsp3) is 0.500. The van der Waals surface area contributed by atoms with Gasteiger partial charge in [-0.15, -0.1) is 0 Å². The van der Waals surface area contributed by atoms with E-state index in [0.29, 0.717) is 12.1 Å². The van der Waals surface area contributed by atoms with E-state index < -0.39 is 0 Å². The van der Waals surface area contributed by atoms with E-state index in [4.69, 9.17) is 0 Å². The van der Waals surface area contributed by atoms with Crippen LogP contribution < -0.4 is 5.32 Å². The van der Waals surface area contributed by atoms with Crippen LogP contribution in [0.5, 0.6) is 0 Å². The SMILES string of the molecule is COC(=O)C1=C(C)NC(C)=NC1. The van der Waals surface area contributed by atoms with Crippen molar-refractivity contribution in [3.63, 3.8) is 0 Å². The Hall–Kier alpha value is -1.32. The molecule has 0 saturated carbocycles. The average molecular weight is 168 g/mol. The molecule has 66 valence electrons. The van der Waals surface area contributed by atoms with Gasteiger partial charge in [0.2, 0.25) is 0 Å². The van der Waals surface area contributed by atoms with E-state index in [2.05, 4.69) is 15.0 Å². The van der Waals surface area contributed by atoms with Gasteiger partial charge in [-0.1, -0.05) is 0 Å². The van der Waals surface area contributed by atoms with Gasteiger partial charge in [0.15, 0.2) is 0 Å². The van der Waals surface area contributed by atoms with Crippen molar-refractivity contribution in [1.82, 2.24) is 5.32 Å². The summed E-state index contributed by atoms with van der Waals surface area (Å²) in [4.78, 5) is 15.2. The van der Waals surface area contributed by atoms with E-state index in [-0.39, 0.29) is 5.97 Å². The van der Waals surface area contributed by atoms with Crippen molar-refractivity contribution < 1.29 is 9.53 Å². The largest absolute Gasteiger partial charge is 0.466 e. The molecule has 0 bridgehead atoms. The molecule has 0 aliphatic carbocycles. The summed E-state index contributed by atoms with van der Waals surface area (Å²) in [5, 5.41) is 2.97. The van der Waals surface area contributed by atoms with Gasteiger partial charge in [0.1, 0.15) is 0 Å². The number of rotatable bonds is 1. The third-order valence-electron chi connectivity index (χ3n) is 1.73. The van der Waals surface area contributed by atoms with E-state index >= 15 is 0 Å². The van der Waals surface area contributed by atoms with Crippen molar-refractivity contribution in [3.8, 4) is 0 Å². The Labute approximate surface area is 71.3 Å². The normalized spacial score (nSPS) is 16.8. The van der Waals surface area contributed by atoms with Gasteiger partial charge >= 0.3 is 5.97 Å². The molecule has 0 aromatic heterocycles. The lowest BCUT2D eigenvalue weighted by atomic mass is 10.2. The summed E-state index contributed by atoms with van der Waals surface area (Å²) in [6, 6.07) is 0. The first-order valence-corrected chi connectivity index (χ1v) is 3.71. The van der Waals surface area contributed by atoms with Crippen molar-refractivity contribution in [2.45, 2.75) is 13.8 Å². The second-order valence-corrected chi connectivity index (χ2v) is 2.62. The van der Waals surface area contributed by atoms with Crippen molar-refractivity contribution in [2.24, 2.45) is 4.99 Å². The van der Waals surface area contributed by atoms with Crippen LogP contribution in [0.25, 0.3) is 0 Å². The van der Waals surface area contributed by atoms with Crippen molar-refractivity contribution in [1.29, 1.82) is 0 Å². The van der Waals surface area contributed by atoms with Crippen LogP contribution in [0.4, 0.5) is 0 Å². The zero-order chi connectivity index (χ0) is 9.14. The van der Waals surface area contributed by atoms with Crippen LogP contribution >= 0.6 is 0 Å². The zero-order valence-corrected chi connectivity index (χ0v) is 7.47. The van der Waals surface area contributed by atoms with Gasteiger partial charge in [-0.25, -0.2) is 4.79 Å². The Morgan fingerprint density at radius 3 is 2.75 bits per heavy atom. The number of aliphatic imine (C=N–C) groups is 1. The molecule has 12 heavy (non-hydrogen) atoms. The number of amidine groups is 1. The number of nitrogens with one attached hydrogen (secondary N) is 1. The maximum atomic E-state index is 11.1. The van der Waals surface area contributed by atoms with E-state index in [1.54, 1.807) is 0 Å². The van der Waals surface area contributed by atoms with Crippen LogP contribution in [0, 0.1) is 0 Å². The molecule has 0 amide bonds. The van der Waals surface area contributed by atoms with E-state index in [1.165, 1.54) is 7.11 Å². The number of carbonyl (C=O) groups is 1. The second-order valence-electron chi connectivity index (χ2n) is 2.62. The summed E-state index contributed by atoms with van der Waals surface area (Å²) in [7, 11) is 1.37. The molecule has 0 saturated heterocycles. The van der Waals surface area contributed by atoms with Crippen LogP contribution in [0.15, 0.2) is 16.3 Å². The first kappa shape index (κ1) is 8.77. The van der Waals surface area contributed by atoms with Gasteiger partial charge < -0.3 is 10.1 Å². The predicted octanol–water partition coefficient (Wildman–Crippen LogP) is 0.455.